The zero-order valence-electron chi connectivity index (χ0n) is 11.7. The third kappa shape index (κ3) is 7.02. The Labute approximate surface area is 117 Å². The van der Waals surface area contributed by atoms with Gasteiger partial charge in [0, 0.05) is 7.11 Å². The maximum absolute atomic E-state index is 5.46. The lowest BCUT2D eigenvalue weighted by molar-refractivity contribution is 0.0172. The maximum Gasteiger partial charge on any atom is 0.324 e. The predicted octanol–water partition coefficient (Wildman–Crippen LogP) is -0.479. The van der Waals surface area contributed by atoms with Gasteiger partial charge in [-0.25, -0.2) is 0 Å². The van der Waals surface area contributed by atoms with Crippen LogP contribution in [0.2, 0.25) is 0 Å². The summed E-state index contributed by atoms with van der Waals surface area (Å²) in [5.74, 6) is 0.0410. The van der Waals surface area contributed by atoms with Crippen molar-refractivity contribution in [2.45, 2.75) is 0 Å². The summed E-state index contributed by atoms with van der Waals surface area (Å²) in [6.45, 7) is 2.81. The van der Waals surface area contributed by atoms with Crippen LogP contribution < -0.4 is 15.2 Å². The second-order valence-corrected chi connectivity index (χ2v) is 3.53. The van der Waals surface area contributed by atoms with E-state index in [0.29, 0.717) is 39.6 Å². The van der Waals surface area contributed by atoms with Crippen LogP contribution in [0.1, 0.15) is 0 Å². The van der Waals surface area contributed by atoms with Crippen molar-refractivity contribution in [3.05, 3.63) is 0 Å². The lowest BCUT2D eigenvalue weighted by Crippen LogP contribution is -2.13. The normalized spacial score (nSPS) is 10.5. The average molecular weight is 288 g/mol. The highest BCUT2D eigenvalue weighted by atomic mass is 16.6. The van der Waals surface area contributed by atoms with Crippen molar-refractivity contribution < 1.29 is 23.7 Å². The molecule has 9 nitrogen and oxygen atoms in total. The van der Waals surface area contributed by atoms with Gasteiger partial charge >= 0.3 is 12.0 Å². The number of anilines is 1. The molecular weight excluding hydrogens is 268 g/mol. The number of nitrogens with zero attached hydrogens (tertiary/aromatic N) is 3. The molecule has 1 rings (SSSR count). The zero-order valence-corrected chi connectivity index (χ0v) is 11.7. The molecule has 1 aromatic heterocycles. The van der Waals surface area contributed by atoms with Gasteiger partial charge in [0.05, 0.1) is 40.1 Å². The Kier molecular flexibility index (Phi) is 8.27. The maximum atomic E-state index is 5.46. The van der Waals surface area contributed by atoms with E-state index in [-0.39, 0.29) is 18.0 Å². The molecular formula is C11H20N4O5. The minimum atomic E-state index is 0.0410. The van der Waals surface area contributed by atoms with Gasteiger partial charge in [0.15, 0.2) is 0 Å². The third-order valence-corrected chi connectivity index (χ3v) is 2.06. The van der Waals surface area contributed by atoms with E-state index in [9.17, 15) is 0 Å². The molecule has 0 fully saturated rings. The fourth-order valence-corrected chi connectivity index (χ4v) is 1.16. The van der Waals surface area contributed by atoms with Crippen molar-refractivity contribution in [3.8, 4) is 12.0 Å². The molecule has 0 aliphatic rings. The first-order chi connectivity index (χ1) is 9.76. The molecule has 114 valence electrons. The van der Waals surface area contributed by atoms with Crippen LogP contribution in [-0.4, -0.2) is 68.8 Å². The van der Waals surface area contributed by atoms with Crippen LogP contribution in [0.25, 0.3) is 0 Å². The third-order valence-electron chi connectivity index (χ3n) is 2.06. The van der Waals surface area contributed by atoms with Crippen LogP contribution in [0, 0.1) is 0 Å². The Morgan fingerprint density at radius 2 is 1.40 bits per heavy atom. The minimum Gasteiger partial charge on any atom is -0.467 e. The van der Waals surface area contributed by atoms with Gasteiger partial charge in [-0.05, 0) is 0 Å². The van der Waals surface area contributed by atoms with Gasteiger partial charge in [-0.1, -0.05) is 0 Å². The van der Waals surface area contributed by atoms with E-state index >= 15 is 0 Å². The molecule has 0 saturated heterocycles. The number of rotatable bonds is 11. The molecule has 0 unspecified atom stereocenters. The van der Waals surface area contributed by atoms with Crippen LogP contribution in [-0.2, 0) is 14.2 Å². The van der Waals surface area contributed by atoms with E-state index in [1.165, 1.54) is 7.11 Å². The molecule has 0 aliphatic heterocycles. The number of aromatic nitrogens is 3. The topological polar surface area (TPSA) is 111 Å². The van der Waals surface area contributed by atoms with E-state index < -0.39 is 0 Å². The van der Waals surface area contributed by atoms with Crippen LogP contribution in [0.5, 0.6) is 12.0 Å². The van der Waals surface area contributed by atoms with Gasteiger partial charge in [-0.15, -0.1) is 4.98 Å². The van der Waals surface area contributed by atoms with Crippen molar-refractivity contribution >= 4 is 5.95 Å². The van der Waals surface area contributed by atoms with Gasteiger partial charge in [-0.2, -0.15) is 9.97 Å². The lowest BCUT2D eigenvalue weighted by atomic mass is 10.7. The van der Waals surface area contributed by atoms with Gasteiger partial charge in [0.25, 0.3) is 0 Å². The van der Waals surface area contributed by atoms with E-state index in [4.69, 9.17) is 29.4 Å². The number of hydrogen-bond donors (Lipinski definition) is 1. The quantitative estimate of drug-likeness (QED) is 0.539. The summed E-state index contributed by atoms with van der Waals surface area (Å²) in [6, 6.07) is 0.217. The molecule has 1 heterocycles. The number of nitrogens with two attached hydrogens (primary N) is 1. The summed E-state index contributed by atoms with van der Waals surface area (Å²) in [5, 5.41) is 0. The molecule has 9 heteroatoms. The van der Waals surface area contributed by atoms with Crippen LogP contribution >= 0.6 is 0 Å². The van der Waals surface area contributed by atoms with E-state index in [1.54, 1.807) is 7.11 Å². The first kappa shape index (κ1) is 16.3. The number of methoxy groups -OCH3 is 2. The van der Waals surface area contributed by atoms with Crippen molar-refractivity contribution in [3.63, 3.8) is 0 Å². The molecule has 0 radical (unpaired) electrons. The van der Waals surface area contributed by atoms with Crippen molar-refractivity contribution in [2.75, 3.05) is 59.6 Å². The Morgan fingerprint density at radius 3 is 2.05 bits per heavy atom. The molecule has 2 N–H and O–H groups in total. The second-order valence-electron chi connectivity index (χ2n) is 3.53. The summed E-state index contributed by atoms with van der Waals surface area (Å²) < 4.78 is 25.5. The largest absolute Gasteiger partial charge is 0.467 e. The summed E-state index contributed by atoms with van der Waals surface area (Å²) >= 11 is 0. The zero-order chi connectivity index (χ0) is 14.6. The van der Waals surface area contributed by atoms with Crippen LogP contribution in [0.15, 0.2) is 0 Å². The second kappa shape index (κ2) is 10.1. The molecule has 0 saturated carbocycles. The van der Waals surface area contributed by atoms with Gasteiger partial charge in [0.2, 0.25) is 5.95 Å². The van der Waals surface area contributed by atoms with Gasteiger partial charge < -0.3 is 29.4 Å². The Balaban J connectivity index is 2.08. The Hall–Kier alpha value is -1.71. The van der Waals surface area contributed by atoms with E-state index in [1.807, 2.05) is 0 Å². The number of ether oxygens (including phenoxy) is 5. The van der Waals surface area contributed by atoms with E-state index in [0.717, 1.165) is 0 Å². The van der Waals surface area contributed by atoms with Gasteiger partial charge in [0.1, 0.15) is 6.61 Å². The molecule has 0 spiro atoms. The van der Waals surface area contributed by atoms with E-state index in [2.05, 4.69) is 15.0 Å². The molecule has 0 aliphatic carbocycles. The van der Waals surface area contributed by atoms with Crippen molar-refractivity contribution in [1.82, 2.24) is 15.0 Å². The highest BCUT2D eigenvalue weighted by Crippen LogP contribution is 2.09. The number of nitrogen functional groups attached to an aromatic ring is 1. The molecule has 0 atom stereocenters. The van der Waals surface area contributed by atoms with Gasteiger partial charge in [-0.3, -0.25) is 0 Å². The Morgan fingerprint density at radius 1 is 0.800 bits per heavy atom. The highest BCUT2D eigenvalue weighted by Gasteiger charge is 2.05. The smallest absolute Gasteiger partial charge is 0.324 e. The standard InChI is InChI=1S/C11H20N4O5/c1-16-3-4-18-5-6-19-7-8-20-11-14-9(12)13-10(15-11)17-2/h3-8H2,1-2H3,(H2,12,13,14,15). The average Bonchev–Trinajstić information content (AvgIpc) is 2.45. The lowest BCUT2D eigenvalue weighted by Gasteiger charge is -2.07. The molecule has 0 bridgehead atoms. The van der Waals surface area contributed by atoms with Crippen molar-refractivity contribution in [1.29, 1.82) is 0 Å². The first-order valence-electron chi connectivity index (χ1n) is 6.09. The Bertz CT molecular complexity index is 380. The van der Waals surface area contributed by atoms with Crippen LogP contribution in [0.3, 0.4) is 0 Å². The fourth-order valence-electron chi connectivity index (χ4n) is 1.16. The SMILES string of the molecule is COCCOCCOCCOc1nc(N)nc(OC)n1. The number of hydrogen-bond acceptors (Lipinski definition) is 9. The summed E-state index contributed by atoms with van der Waals surface area (Å²) in [7, 11) is 3.06. The van der Waals surface area contributed by atoms with Crippen molar-refractivity contribution in [2.24, 2.45) is 0 Å². The molecule has 20 heavy (non-hydrogen) atoms. The first-order valence-corrected chi connectivity index (χ1v) is 6.09. The predicted molar refractivity (Wildman–Crippen MR) is 69.8 cm³/mol. The highest BCUT2D eigenvalue weighted by molar-refractivity contribution is 5.20. The molecule has 0 aromatic carbocycles. The summed E-state index contributed by atoms with van der Waals surface area (Å²) in [4.78, 5) is 11.4. The minimum absolute atomic E-state index is 0.0410. The van der Waals surface area contributed by atoms with Crippen LogP contribution in [0.4, 0.5) is 5.95 Å². The molecule has 0 amide bonds. The fraction of sp³-hybridized carbons (Fsp3) is 0.727. The monoisotopic (exact) mass is 288 g/mol. The molecule has 1 aromatic rings. The summed E-state index contributed by atoms with van der Waals surface area (Å²) in [5.41, 5.74) is 5.46. The summed E-state index contributed by atoms with van der Waals surface area (Å²) in [6.07, 6.45) is 0.